The summed E-state index contributed by atoms with van der Waals surface area (Å²) in [5.74, 6) is -1.19. The first-order valence-electron chi connectivity index (χ1n) is 5.82. The predicted octanol–water partition coefficient (Wildman–Crippen LogP) is -0.429. The number of carboxylic acid groups (broad SMARTS) is 1. The van der Waals surface area contributed by atoms with Gasteiger partial charge in [-0.3, -0.25) is 4.79 Å². The lowest BCUT2D eigenvalue weighted by molar-refractivity contribution is -0.142. The Bertz CT molecular complexity index is 408. The lowest BCUT2D eigenvalue weighted by Crippen LogP contribution is -2.60. The Morgan fingerprint density at radius 3 is 2.06 bits per heavy atom. The third-order valence-corrected chi connectivity index (χ3v) is 6.46. The Hall–Kier alpha value is -0.660. The van der Waals surface area contributed by atoms with Crippen molar-refractivity contribution < 1.29 is 18.3 Å². The molecule has 1 saturated heterocycles. The SMILES string of the molecule is CN1CCN(S(=O)(=O)C2(C(=O)O)CCC2)CC1. The van der Waals surface area contributed by atoms with Gasteiger partial charge < -0.3 is 10.0 Å². The van der Waals surface area contributed by atoms with Crippen molar-refractivity contribution >= 4 is 16.0 Å². The number of likely N-dealkylation sites (N-methyl/N-ethyl adjacent to an activating group) is 1. The second kappa shape index (κ2) is 4.22. The van der Waals surface area contributed by atoms with Gasteiger partial charge in [0.1, 0.15) is 0 Å². The van der Waals surface area contributed by atoms with Crippen molar-refractivity contribution in [3.8, 4) is 0 Å². The molecule has 2 rings (SSSR count). The van der Waals surface area contributed by atoms with Gasteiger partial charge in [-0.15, -0.1) is 0 Å². The molecule has 1 aliphatic carbocycles. The summed E-state index contributed by atoms with van der Waals surface area (Å²) in [7, 11) is -1.77. The van der Waals surface area contributed by atoms with E-state index in [1.54, 1.807) is 0 Å². The summed E-state index contributed by atoms with van der Waals surface area (Å²) in [6.07, 6.45) is 1.17. The fraction of sp³-hybridized carbons (Fsp3) is 0.900. The van der Waals surface area contributed by atoms with Gasteiger partial charge in [-0.1, -0.05) is 0 Å². The number of sulfonamides is 1. The maximum atomic E-state index is 12.4. The minimum Gasteiger partial charge on any atom is -0.480 e. The number of hydrogen-bond acceptors (Lipinski definition) is 4. The maximum absolute atomic E-state index is 12.4. The van der Waals surface area contributed by atoms with Crippen LogP contribution >= 0.6 is 0 Å². The zero-order chi connectivity index (χ0) is 12.7. The van der Waals surface area contributed by atoms with Crippen molar-refractivity contribution in [3.63, 3.8) is 0 Å². The molecule has 0 bridgehead atoms. The molecule has 0 aromatic heterocycles. The van der Waals surface area contributed by atoms with Crippen molar-refractivity contribution in [1.82, 2.24) is 9.21 Å². The average molecular weight is 262 g/mol. The predicted molar refractivity (Wildman–Crippen MR) is 62.2 cm³/mol. The van der Waals surface area contributed by atoms with E-state index in [1.807, 2.05) is 11.9 Å². The lowest BCUT2D eigenvalue weighted by Gasteiger charge is -2.42. The quantitative estimate of drug-likeness (QED) is 0.747. The number of rotatable bonds is 3. The van der Waals surface area contributed by atoms with Crippen molar-refractivity contribution in [2.75, 3.05) is 33.2 Å². The Balaban J connectivity index is 2.21. The van der Waals surface area contributed by atoms with E-state index in [4.69, 9.17) is 0 Å². The van der Waals surface area contributed by atoms with Gasteiger partial charge in [-0.2, -0.15) is 4.31 Å². The molecule has 0 aromatic rings. The molecule has 0 amide bonds. The van der Waals surface area contributed by atoms with Gasteiger partial charge >= 0.3 is 5.97 Å². The zero-order valence-corrected chi connectivity index (χ0v) is 10.7. The first-order chi connectivity index (χ1) is 7.90. The average Bonchev–Trinajstić information content (AvgIpc) is 2.14. The molecule has 0 unspecified atom stereocenters. The van der Waals surface area contributed by atoms with Crippen LogP contribution in [0.4, 0.5) is 0 Å². The molecule has 6 nitrogen and oxygen atoms in total. The molecule has 1 saturated carbocycles. The van der Waals surface area contributed by atoms with Crippen molar-refractivity contribution in [2.24, 2.45) is 0 Å². The molecule has 0 radical (unpaired) electrons. The summed E-state index contributed by atoms with van der Waals surface area (Å²) in [5.41, 5.74) is 0. The van der Waals surface area contributed by atoms with Crippen LogP contribution in [0.5, 0.6) is 0 Å². The third kappa shape index (κ3) is 1.86. The highest BCUT2D eigenvalue weighted by atomic mass is 32.2. The Morgan fingerprint density at radius 1 is 1.18 bits per heavy atom. The van der Waals surface area contributed by atoms with Crippen LogP contribution in [0.1, 0.15) is 19.3 Å². The van der Waals surface area contributed by atoms with Gasteiger partial charge in [0.2, 0.25) is 10.0 Å². The van der Waals surface area contributed by atoms with Gasteiger partial charge in [-0.25, -0.2) is 8.42 Å². The second-order valence-electron chi connectivity index (χ2n) is 4.86. The molecule has 7 heteroatoms. The van der Waals surface area contributed by atoms with Crippen LogP contribution in [0, 0.1) is 0 Å². The maximum Gasteiger partial charge on any atom is 0.326 e. The molecule has 17 heavy (non-hydrogen) atoms. The van der Waals surface area contributed by atoms with Crippen LogP contribution < -0.4 is 0 Å². The normalized spacial score (nSPS) is 26.4. The topological polar surface area (TPSA) is 77.9 Å². The molecule has 98 valence electrons. The molecular formula is C10H18N2O4S. The number of nitrogens with zero attached hydrogens (tertiary/aromatic N) is 2. The molecule has 2 aliphatic rings. The molecule has 1 N–H and O–H groups in total. The minimum atomic E-state index is -3.70. The van der Waals surface area contributed by atoms with Crippen LogP contribution in [0.3, 0.4) is 0 Å². The highest BCUT2D eigenvalue weighted by molar-refractivity contribution is 7.91. The van der Waals surface area contributed by atoms with E-state index < -0.39 is 20.7 Å². The number of carboxylic acids is 1. The number of hydrogen-bond donors (Lipinski definition) is 1. The van der Waals surface area contributed by atoms with Crippen molar-refractivity contribution in [1.29, 1.82) is 0 Å². The van der Waals surface area contributed by atoms with Crippen molar-refractivity contribution in [2.45, 2.75) is 24.0 Å². The van der Waals surface area contributed by atoms with E-state index in [1.165, 1.54) is 4.31 Å². The van der Waals surface area contributed by atoms with E-state index in [9.17, 15) is 18.3 Å². The van der Waals surface area contributed by atoms with Gasteiger partial charge in [0.05, 0.1) is 0 Å². The van der Waals surface area contributed by atoms with Crippen molar-refractivity contribution in [3.05, 3.63) is 0 Å². The van der Waals surface area contributed by atoms with E-state index in [2.05, 4.69) is 0 Å². The van der Waals surface area contributed by atoms with Crippen LogP contribution in [0.15, 0.2) is 0 Å². The number of aliphatic carboxylic acids is 1. The molecule has 2 fully saturated rings. The Kier molecular flexibility index (Phi) is 3.17. The highest BCUT2D eigenvalue weighted by Gasteiger charge is 2.57. The summed E-state index contributed by atoms with van der Waals surface area (Å²) in [5, 5.41) is 9.19. The largest absolute Gasteiger partial charge is 0.480 e. The summed E-state index contributed by atoms with van der Waals surface area (Å²) in [4.78, 5) is 13.3. The highest BCUT2D eigenvalue weighted by Crippen LogP contribution is 2.41. The monoisotopic (exact) mass is 262 g/mol. The lowest BCUT2D eigenvalue weighted by atomic mass is 9.84. The first kappa shape index (κ1) is 12.8. The van der Waals surface area contributed by atoms with Gasteiger partial charge in [0, 0.05) is 26.2 Å². The van der Waals surface area contributed by atoms with E-state index in [0.29, 0.717) is 32.6 Å². The van der Waals surface area contributed by atoms with Gasteiger partial charge in [0.15, 0.2) is 4.75 Å². The minimum absolute atomic E-state index is 0.247. The summed E-state index contributed by atoms with van der Waals surface area (Å²) in [6.45, 7) is 2.12. The molecule has 1 heterocycles. The zero-order valence-electron chi connectivity index (χ0n) is 9.92. The number of piperazine rings is 1. The Labute approximate surface area is 101 Å². The fourth-order valence-electron chi connectivity index (χ4n) is 2.36. The van der Waals surface area contributed by atoms with Crippen LogP contribution in [0.25, 0.3) is 0 Å². The van der Waals surface area contributed by atoms with Crippen LogP contribution in [-0.4, -0.2) is 66.7 Å². The molecule has 0 aromatic carbocycles. The van der Waals surface area contributed by atoms with E-state index >= 15 is 0 Å². The van der Waals surface area contributed by atoms with Crippen LogP contribution in [-0.2, 0) is 14.8 Å². The Morgan fingerprint density at radius 2 is 1.71 bits per heavy atom. The third-order valence-electron chi connectivity index (χ3n) is 3.85. The summed E-state index contributed by atoms with van der Waals surface area (Å²) < 4.78 is 24.5. The van der Waals surface area contributed by atoms with Gasteiger partial charge in [0.25, 0.3) is 0 Å². The van der Waals surface area contributed by atoms with Crippen LogP contribution in [0.2, 0.25) is 0 Å². The van der Waals surface area contributed by atoms with Gasteiger partial charge in [-0.05, 0) is 26.3 Å². The second-order valence-corrected chi connectivity index (χ2v) is 7.11. The fourth-order valence-corrected chi connectivity index (χ4v) is 4.52. The van der Waals surface area contributed by atoms with E-state index in [0.717, 1.165) is 0 Å². The molecule has 0 atom stereocenters. The standard InChI is InChI=1S/C10H18N2O4S/c1-11-5-7-12(8-6-11)17(15,16)10(9(13)14)3-2-4-10/h2-8H2,1H3,(H,13,14). The summed E-state index contributed by atoms with van der Waals surface area (Å²) >= 11 is 0. The van der Waals surface area contributed by atoms with E-state index in [-0.39, 0.29) is 12.8 Å². The molecular weight excluding hydrogens is 244 g/mol. The first-order valence-corrected chi connectivity index (χ1v) is 7.26. The number of carbonyl (C=O) groups is 1. The summed E-state index contributed by atoms with van der Waals surface area (Å²) in [6, 6.07) is 0. The molecule has 1 aliphatic heterocycles. The molecule has 0 spiro atoms. The smallest absolute Gasteiger partial charge is 0.326 e.